The van der Waals surface area contributed by atoms with Crippen LogP contribution in [0.1, 0.15) is 11.1 Å². The zero-order valence-corrected chi connectivity index (χ0v) is 11.6. The van der Waals surface area contributed by atoms with Gasteiger partial charge in [-0.05, 0) is 42.6 Å². The molecule has 3 rings (SSSR count). The molecule has 1 heterocycles. The van der Waals surface area contributed by atoms with Crippen molar-refractivity contribution in [3.63, 3.8) is 0 Å². The van der Waals surface area contributed by atoms with E-state index in [0.29, 0.717) is 6.54 Å². The molecule has 0 spiro atoms. The van der Waals surface area contributed by atoms with Crippen LogP contribution < -0.4 is 4.74 Å². The van der Waals surface area contributed by atoms with Crippen molar-refractivity contribution in [2.45, 2.75) is 13.5 Å². The minimum absolute atomic E-state index is 0.214. The fourth-order valence-corrected chi connectivity index (χ4v) is 2.51. The third-order valence-corrected chi connectivity index (χ3v) is 3.51. The lowest BCUT2D eigenvalue weighted by atomic mass is 10.1. The van der Waals surface area contributed by atoms with Crippen molar-refractivity contribution >= 4 is 10.9 Å². The first-order valence-corrected chi connectivity index (χ1v) is 6.55. The smallest absolute Gasteiger partial charge is 0.125 e. The maximum absolute atomic E-state index is 13.4. The number of hydrogen-bond donors (Lipinski definition) is 0. The highest BCUT2D eigenvalue weighted by atomic mass is 19.1. The summed E-state index contributed by atoms with van der Waals surface area (Å²) < 4.78 is 20.8. The van der Waals surface area contributed by atoms with Crippen LogP contribution in [0.15, 0.2) is 48.7 Å². The zero-order chi connectivity index (χ0) is 14.1. The maximum Gasteiger partial charge on any atom is 0.125 e. The number of rotatable bonds is 3. The van der Waals surface area contributed by atoms with E-state index < -0.39 is 0 Å². The Balaban J connectivity index is 2.05. The summed E-state index contributed by atoms with van der Waals surface area (Å²) in [4.78, 5) is 0. The van der Waals surface area contributed by atoms with E-state index in [2.05, 4.69) is 13.0 Å². The lowest BCUT2D eigenvalue weighted by molar-refractivity contribution is 0.408. The molecule has 0 aliphatic carbocycles. The lowest BCUT2D eigenvalue weighted by Gasteiger charge is -2.11. The van der Waals surface area contributed by atoms with Crippen LogP contribution in [-0.4, -0.2) is 11.7 Å². The first kappa shape index (κ1) is 12.7. The number of methoxy groups -OCH3 is 1. The van der Waals surface area contributed by atoms with Gasteiger partial charge < -0.3 is 9.30 Å². The second-order valence-electron chi connectivity index (χ2n) is 4.96. The molecule has 0 radical (unpaired) electrons. The van der Waals surface area contributed by atoms with E-state index in [9.17, 15) is 4.39 Å². The fraction of sp³-hybridized carbons (Fsp3) is 0.176. The van der Waals surface area contributed by atoms with Crippen LogP contribution >= 0.6 is 0 Å². The highest BCUT2D eigenvalue weighted by Gasteiger charge is 2.07. The topological polar surface area (TPSA) is 14.2 Å². The Labute approximate surface area is 117 Å². The molecule has 0 atom stereocenters. The summed E-state index contributed by atoms with van der Waals surface area (Å²) in [6.45, 7) is 2.72. The van der Waals surface area contributed by atoms with E-state index in [1.807, 2.05) is 29.0 Å². The Morgan fingerprint density at radius 2 is 1.95 bits per heavy atom. The van der Waals surface area contributed by atoms with E-state index in [1.54, 1.807) is 19.2 Å². The van der Waals surface area contributed by atoms with Crippen LogP contribution in [0, 0.1) is 12.7 Å². The Hall–Kier alpha value is -2.29. The number of hydrogen-bond acceptors (Lipinski definition) is 1. The number of fused-ring (bicyclic) bond motifs is 1. The quantitative estimate of drug-likeness (QED) is 0.697. The Morgan fingerprint density at radius 1 is 1.10 bits per heavy atom. The molecule has 0 aliphatic rings. The number of aryl methyl sites for hydroxylation is 1. The van der Waals surface area contributed by atoms with Gasteiger partial charge in [0, 0.05) is 11.8 Å². The third kappa shape index (κ3) is 2.27. The number of ether oxygens (including phenoxy) is 1. The molecule has 0 bridgehead atoms. The Morgan fingerprint density at radius 3 is 2.75 bits per heavy atom. The minimum Gasteiger partial charge on any atom is -0.496 e. The first-order chi connectivity index (χ1) is 9.67. The van der Waals surface area contributed by atoms with Gasteiger partial charge in [-0.3, -0.25) is 0 Å². The summed E-state index contributed by atoms with van der Waals surface area (Å²) >= 11 is 0. The molecule has 0 amide bonds. The monoisotopic (exact) mass is 269 g/mol. The molecule has 20 heavy (non-hydrogen) atoms. The van der Waals surface area contributed by atoms with Gasteiger partial charge in [-0.1, -0.05) is 17.7 Å². The summed E-state index contributed by atoms with van der Waals surface area (Å²) in [5.74, 6) is 0.641. The summed E-state index contributed by atoms with van der Waals surface area (Å²) in [7, 11) is 1.67. The number of benzene rings is 2. The SMILES string of the molecule is COc1ccc(C)cc1Cn1ccc2ccc(F)cc21. The van der Waals surface area contributed by atoms with Crippen molar-refractivity contribution in [3.8, 4) is 5.75 Å². The predicted octanol–water partition coefficient (Wildman–Crippen LogP) is 4.15. The van der Waals surface area contributed by atoms with Gasteiger partial charge in [-0.15, -0.1) is 0 Å². The maximum atomic E-state index is 13.4. The van der Waals surface area contributed by atoms with Crippen LogP contribution in [0.2, 0.25) is 0 Å². The molecule has 0 fully saturated rings. The van der Waals surface area contributed by atoms with E-state index in [0.717, 1.165) is 22.2 Å². The molecular formula is C17H16FNO. The normalized spacial score (nSPS) is 10.9. The van der Waals surface area contributed by atoms with Crippen molar-refractivity contribution in [1.29, 1.82) is 0 Å². The molecule has 0 N–H and O–H groups in total. The van der Waals surface area contributed by atoms with Crippen LogP contribution in [-0.2, 0) is 6.54 Å². The second-order valence-corrected chi connectivity index (χ2v) is 4.96. The Kier molecular flexibility index (Phi) is 3.18. The molecule has 3 heteroatoms. The van der Waals surface area contributed by atoms with Gasteiger partial charge in [-0.25, -0.2) is 4.39 Å². The molecule has 0 saturated heterocycles. The summed E-state index contributed by atoms with van der Waals surface area (Å²) in [6, 6.07) is 12.9. The molecular weight excluding hydrogens is 253 g/mol. The Bertz CT molecular complexity index is 761. The van der Waals surface area contributed by atoms with Crippen molar-refractivity contribution in [2.75, 3.05) is 7.11 Å². The van der Waals surface area contributed by atoms with Crippen LogP contribution in [0.3, 0.4) is 0 Å². The van der Waals surface area contributed by atoms with E-state index >= 15 is 0 Å². The van der Waals surface area contributed by atoms with Crippen molar-refractivity contribution in [2.24, 2.45) is 0 Å². The molecule has 0 saturated carbocycles. The number of nitrogens with zero attached hydrogens (tertiary/aromatic N) is 1. The zero-order valence-electron chi connectivity index (χ0n) is 11.6. The minimum atomic E-state index is -0.214. The molecule has 2 nitrogen and oxygen atoms in total. The van der Waals surface area contributed by atoms with Gasteiger partial charge in [0.05, 0.1) is 19.2 Å². The number of halogens is 1. The van der Waals surface area contributed by atoms with Gasteiger partial charge in [0.1, 0.15) is 11.6 Å². The second kappa shape index (κ2) is 5.00. The lowest BCUT2D eigenvalue weighted by Crippen LogP contribution is -2.01. The van der Waals surface area contributed by atoms with Gasteiger partial charge in [0.15, 0.2) is 0 Å². The predicted molar refractivity (Wildman–Crippen MR) is 78.7 cm³/mol. The highest BCUT2D eigenvalue weighted by Crippen LogP contribution is 2.24. The van der Waals surface area contributed by atoms with Crippen LogP contribution in [0.5, 0.6) is 5.75 Å². The summed E-state index contributed by atoms with van der Waals surface area (Å²) in [6.07, 6.45) is 1.98. The van der Waals surface area contributed by atoms with E-state index in [4.69, 9.17) is 4.74 Å². The van der Waals surface area contributed by atoms with Crippen molar-refractivity contribution in [1.82, 2.24) is 4.57 Å². The fourth-order valence-electron chi connectivity index (χ4n) is 2.51. The van der Waals surface area contributed by atoms with E-state index in [-0.39, 0.29) is 5.82 Å². The first-order valence-electron chi connectivity index (χ1n) is 6.55. The summed E-state index contributed by atoms with van der Waals surface area (Å²) in [5, 5.41) is 1.04. The van der Waals surface area contributed by atoms with E-state index in [1.165, 1.54) is 11.6 Å². The molecule has 2 aromatic carbocycles. The average molecular weight is 269 g/mol. The molecule has 0 aliphatic heterocycles. The third-order valence-electron chi connectivity index (χ3n) is 3.51. The molecule has 0 unspecified atom stereocenters. The molecule has 102 valence electrons. The number of aromatic nitrogens is 1. The van der Waals surface area contributed by atoms with Gasteiger partial charge >= 0.3 is 0 Å². The van der Waals surface area contributed by atoms with Crippen molar-refractivity contribution < 1.29 is 9.13 Å². The summed E-state index contributed by atoms with van der Waals surface area (Å²) in [5.41, 5.74) is 3.17. The average Bonchev–Trinajstić information content (AvgIpc) is 2.82. The van der Waals surface area contributed by atoms with Crippen LogP contribution in [0.4, 0.5) is 4.39 Å². The largest absolute Gasteiger partial charge is 0.496 e. The molecule has 3 aromatic rings. The molecule has 1 aromatic heterocycles. The van der Waals surface area contributed by atoms with Crippen LogP contribution in [0.25, 0.3) is 10.9 Å². The highest BCUT2D eigenvalue weighted by molar-refractivity contribution is 5.80. The standard InChI is InChI=1S/C17H16FNO/c1-12-3-6-17(20-2)14(9-12)11-19-8-7-13-4-5-15(18)10-16(13)19/h3-10H,11H2,1-2H3. The van der Waals surface area contributed by atoms with Gasteiger partial charge in [-0.2, -0.15) is 0 Å². The van der Waals surface area contributed by atoms with Gasteiger partial charge in [0.2, 0.25) is 0 Å². The van der Waals surface area contributed by atoms with Crippen molar-refractivity contribution in [3.05, 3.63) is 65.6 Å². The van der Waals surface area contributed by atoms with Gasteiger partial charge in [0.25, 0.3) is 0 Å².